The van der Waals surface area contributed by atoms with Crippen molar-refractivity contribution in [2.45, 2.75) is 60.3 Å². The van der Waals surface area contributed by atoms with Crippen LogP contribution in [0.1, 0.15) is 60.3 Å². The molecular weight excluding hydrogens is 220 g/mol. The average Bonchev–Trinajstić information content (AvgIpc) is 2.24. The Morgan fingerprint density at radius 3 is 2.50 bits per heavy atom. The zero-order chi connectivity index (χ0) is 13.8. The van der Waals surface area contributed by atoms with E-state index < -0.39 is 0 Å². The quantitative estimate of drug-likeness (QED) is 0.388. The number of carbonyl (C=O) groups excluding carboxylic acids is 1. The summed E-state index contributed by atoms with van der Waals surface area (Å²) in [5, 5.41) is 0. The van der Waals surface area contributed by atoms with Crippen LogP contribution in [0.2, 0.25) is 0 Å². The van der Waals surface area contributed by atoms with Gasteiger partial charge in [-0.15, -0.1) is 0 Å². The van der Waals surface area contributed by atoms with Crippen molar-refractivity contribution in [2.75, 3.05) is 0 Å². The molecule has 0 saturated carbocycles. The van der Waals surface area contributed by atoms with E-state index in [0.717, 1.165) is 6.42 Å². The number of allylic oxidation sites excluding steroid dienone is 6. The summed E-state index contributed by atoms with van der Waals surface area (Å²) in [6.45, 7) is 10.6. The van der Waals surface area contributed by atoms with Gasteiger partial charge in [0.05, 0.1) is 0 Å². The molecule has 1 aliphatic rings. The molecule has 1 heteroatoms. The molecule has 1 nitrogen and oxygen atoms in total. The van der Waals surface area contributed by atoms with Gasteiger partial charge in [-0.05, 0) is 57.9 Å². The highest BCUT2D eigenvalue weighted by Crippen LogP contribution is 2.41. The Hall–Kier alpha value is -1.11. The molecule has 0 amide bonds. The lowest BCUT2D eigenvalue weighted by Gasteiger charge is -2.34. The van der Waals surface area contributed by atoms with Crippen LogP contribution >= 0.6 is 0 Å². The highest BCUT2D eigenvalue weighted by molar-refractivity contribution is 5.87. The van der Waals surface area contributed by atoms with E-state index in [-0.39, 0.29) is 5.78 Å². The molecule has 0 atom stereocenters. The van der Waals surface area contributed by atoms with E-state index in [1.54, 1.807) is 24.1 Å². The monoisotopic (exact) mass is 246 g/mol. The maximum atomic E-state index is 10.9. The molecule has 100 valence electrons. The molecule has 0 unspecified atom stereocenters. The molecule has 0 spiro atoms. The minimum Gasteiger partial charge on any atom is -0.295 e. The zero-order valence-corrected chi connectivity index (χ0v) is 12.5. The number of carbonyl (C=O) groups is 1. The summed E-state index contributed by atoms with van der Waals surface area (Å²) in [6, 6.07) is 0. The number of ketones is 1. The topological polar surface area (TPSA) is 17.1 Å². The van der Waals surface area contributed by atoms with Crippen LogP contribution in [0.25, 0.3) is 0 Å². The van der Waals surface area contributed by atoms with Gasteiger partial charge in [0.1, 0.15) is 0 Å². The van der Waals surface area contributed by atoms with Crippen molar-refractivity contribution < 1.29 is 4.79 Å². The van der Waals surface area contributed by atoms with E-state index in [1.165, 1.54) is 24.8 Å². The SMILES string of the molecule is CC(=O)/C=C/C(C)=C/CC1=C(C)CCCC1(C)C. The Morgan fingerprint density at radius 1 is 1.28 bits per heavy atom. The van der Waals surface area contributed by atoms with Gasteiger partial charge in [0.25, 0.3) is 0 Å². The molecule has 18 heavy (non-hydrogen) atoms. The lowest BCUT2D eigenvalue weighted by Crippen LogP contribution is -2.20. The van der Waals surface area contributed by atoms with Crippen LogP contribution in [0.15, 0.2) is 34.9 Å². The second kappa shape index (κ2) is 6.17. The fraction of sp³-hybridized carbons (Fsp3) is 0.588. The summed E-state index contributed by atoms with van der Waals surface area (Å²) in [5.41, 5.74) is 4.66. The maximum absolute atomic E-state index is 10.9. The van der Waals surface area contributed by atoms with Gasteiger partial charge >= 0.3 is 0 Å². The minimum atomic E-state index is 0.108. The van der Waals surface area contributed by atoms with Crippen LogP contribution in [-0.4, -0.2) is 5.78 Å². The normalized spacial score (nSPS) is 20.6. The van der Waals surface area contributed by atoms with Gasteiger partial charge in [-0.25, -0.2) is 0 Å². The van der Waals surface area contributed by atoms with Crippen LogP contribution in [0, 0.1) is 5.41 Å². The molecule has 0 fully saturated rings. The molecular formula is C17H26O. The Morgan fingerprint density at radius 2 is 1.94 bits per heavy atom. The highest BCUT2D eigenvalue weighted by atomic mass is 16.1. The third-order valence-corrected chi connectivity index (χ3v) is 3.89. The van der Waals surface area contributed by atoms with Crippen molar-refractivity contribution in [1.82, 2.24) is 0 Å². The predicted molar refractivity (Wildman–Crippen MR) is 78.5 cm³/mol. The Balaban J connectivity index is 2.78. The molecule has 0 saturated heterocycles. The lowest BCUT2D eigenvalue weighted by molar-refractivity contribution is -0.112. The van der Waals surface area contributed by atoms with E-state index in [1.807, 2.05) is 6.08 Å². The summed E-state index contributed by atoms with van der Waals surface area (Å²) < 4.78 is 0. The summed E-state index contributed by atoms with van der Waals surface area (Å²) in [6.07, 6.45) is 10.7. The summed E-state index contributed by atoms with van der Waals surface area (Å²) in [4.78, 5) is 10.9. The second-order valence-electron chi connectivity index (χ2n) is 6.09. The predicted octanol–water partition coefficient (Wildman–Crippen LogP) is 4.99. The molecule has 0 aliphatic heterocycles. The van der Waals surface area contributed by atoms with E-state index in [2.05, 4.69) is 33.8 Å². The van der Waals surface area contributed by atoms with Crippen molar-refractivity contribution >= 4 is 5.78 Å². The second-order valence-corrected chi connectivity index (χ2v) is 6.09. The first-order valence-electron chi connectivity index (χ1n) is 6.87. The van der Waals surface area contributed by atoms with Crippen molar-refractivity contribution in [1.29, 1.82) is 0 Å². The van der Waals surface area contributed by atoms with Gasteiger partial charge < -0.3 is 0 Å². The number of hydrogen-bond acceptors (Lipinski definition) is 1. The fourth-order valence-corrected chi connectivity index (χ4v) is 2.71. The van der Waals surface area contributed by atoms with Gasteiger partial charge in [-0.1, -0.05) is 42.7 Å². The molecule has 1 aliphatic carbocycles. The molecule has 0 bridgehead atoms. The summed E-state index contributed by atoms with van der Waals surface area (Å²) in [5.74, 6) is 0.108. The van der Waals surface area contributed by atoms with E-state index in [9.17, 15) is 4.79 Å². The van der Waals surface area contributed by atoms with Crippen LogP contribution < -0.4 is 0 Å². The van der Waals surface area contributed by atoms with Crippen LogP contribution in [0.3, 0.4) is 0 Å². The van der Waals surface area contributed by atoms with Gasteiger partial charge in [-0.2, -0.15) is 0 Å². The van der Waals surface area contributed by atoms with Crippen LogP contribution in [-0.2, 0) is 4.79 Å². The number of hydrogen-bond donors (Lipinski definition) is 0. The van der Waals surface area contributed by atoms with Crippen molar-refractivity contribution in [3.63, 3.8) is 0 Å². The van der Waals surface area contributed by atoms with Gasteiger partial charge in [0.2, 0.25) is 0 Å². The largest absolute Gasteiger partial charge is 0.295 e. The van der Waals surface area contributed by atoms with E-state index in [4.69, 9.17) is 0 Å². The first-order chi connectivity index (χ1) is 8.33. The highest BCUT2D eigenvalue weighted by Gasteiger charge is 2.27. The minimum absolute atomic E-state index is 0.108. The molecule has 0 N–H and O–H groups in total. The lowest BCUT2D eigenvalue weighted by atomic mass is 9.71. The van der Waals surface area contributed by atoms with Gasteiger partial charge in [0.15, 0.2) is 5.78 Å². The molecule has 0 aromatic carbocycles. The summed E-state index contributed by atoms with van der Waals surface area (Å²) >= 11 is 0. The van der Waals surface area contributed by atoms with Crippen LogP contribution in [0.5, 0.6) is 0 Å². The third-order valence-electron chi connectivity index (χ3n) is 3.89. The van der Waals surface area contributed by atoms with Crippen molar-refractivity contribution in [3.05, 3.63) is 34.9 Å². The Bertz CT molecular complexity index is 405. The van der Waals surface area contributed by atoms with Gasteiger partial charge in [-0.3, -0.25) is 4.79 Å². The van der Waals surface area contributed by atoms with Crippen LogP contribution in [0.4, 0.5) is 0 Å². The maximum Gasteiger partial charge on any atom is 0.152 e. The standard InChI is InChI=1S/C17H26O/c1-13(8-10-15(3)18)9-11-16-14(2)7-6-12-17(16,4)5/h8-10H,6-7,11-12H2,1-5H3/b10-8+,13-9+. The molecule has 1 rings (SSSR count). The van der Waals surface area contributed by atoms with Crippen molar-refractivity contribution in [3.8, 4) is 0 Å². The molecule has 0 aromatic rings. The molecule has 0 radical (unpaired) electrons. The molecule has 0 aromatic heterocycles. The summed E-state index contributed by atoms with van der Waals surface area (Å²) in [7, 11) is 0. The van der Waals surface area contributed by atoms with E-state index in [0.29, 0.717) is 5.41 Å². The first-order valence-corrected chi connectivity index (χ1v) is 6.87. The smallest absolute Gasteiger partial charge is 0.152 e. The van der Waals surface area contributed by atoms with E-state index >= 15 is 0 Å². The first kappa shape index (κ1) is 14.9. The molecule has 0 heterocycles. The third kappa shape index (κ3) is 4.29. The fourth-order valence-electron chi connectivity index (χ4n) is 2.71. The number of rotatable bonds is 4. The Kier molecular flexibility index (Phi) is 5.13. The average molecular weight is 246 g/mol. The van der Waals surface area contributed by atoms with Gasteiger partial charge in [0, 0.05) is 0 Å². The van der Waals surface area contributed by atoms with Crippen molar-refractivity contribution in [2.24, 2.45) is 5.41 Å². The zero-order valence-electron chi connectivity index (χ0n) is 12.5. The Labute approximate surface area is 112 Å².